The van der Waals surface area contributed by atoms with E-state index in [4.69, 9.17) is 0 Å². The molecule has 1 aromatic heterocycles. The summed E-state index contributed by atoms with van der Waals surface area (Å²) in [6.45, 7) is 4.21. The quantitative estimate of drug-likeness (QED) is 0.774. The second kappa shape index (κ2) is 8.89. The van der Waals surface area contributed by atoms with E-state index in [9.17, 15) is 14.4 Å². The van der Waals surface area contributed by atoms with Crippen LogP contribution in [0.4, 0.5) is 5.69 Å². The maximum absolute atomic E-state index is 12.4. The molecule has 0 saturated heterocycles. The summed E-state index contributed by atoms with van der Waals surface area (Å²) >= 11 is 0. The minimum atomic E-state index is -0.362. The van der Waals surface area contributed by atoms with Crippen molar-refractivity contribution in [2.45, 2.75) is 26.7 Å². The van der Waals surface area contributed by atoms with Crippen molar-refractivity contribution in [3.63, 3.8) is 0 Å². The van der Waals surface area contributed by atoms with E-state index in [0.29, 0.717) is 28.9 Å². The average molecular weight is 353 g/mol. The van der Waals surface area contributed by atoms with Gasteiger partial charge in [-0.15, -0.1) is 0 Å². The number of rotatable bonds is 7. The predicted octanol–water partition coefficient (Wildman–Crippen LogP) is 3.41. The molecule has 0 aliphatic rings. The van der Waals surface area contributed by atoms with Crippen LogP contribution in [0.3, 0.4) is 0 Å². The van der Waals surface area contributed by atoms with Crippen molar-refractivity contribution in [2.24, 2.45) is 0 Å². The number of Topliss-reactive ketones (excluding diaryl/α,β-unsaturated/α-hetero) is 1. The predicted molar refractivity (Wildman–Crippen MR) is 101 cm³/mol. The molecule has 1 heterocycles. The Morgan fingerprint density at radius 3 is 2.31 bits per heavy atom. The highest BCUT2D eigenvalue weighted by Crippen LogP contribution is 2.13. The Labute approximate surface area is 153 Å². The van der Waals surface area contributed by atoms with Crippen molar-refractivity contribution in [1.82, 2.24) is 9.88 Å². The molecule has 2 amide bonds. The number of anilines is 1. The number of pyridine rings is 1. The zero-order valence-corrected chi connectivity index (χ0v) is 15.3. The van der Waals surface area contributed by atoms with Gasteiger partial charge >= 0.3 is 0 Å². The SMILES string of the molecule is CCCCN(C)C(=O)c1cncc(C(=O)Nc2ccc(C(C)=O)cc2)c1. The summed E-state index contributed by atoms with van der Waals surface area (Å²) in [4.78, 5) is 41.7. The summed E-state index contributed by atoms with van der Waals surface area (Å²) in [5.74, 6) is -0.559. The van der Waals surface area contributed by atoms with Gasteiger partial charge in [0.2, 0.25) is 0 Å². The Morgan fingerprint density at radius 2 is 1.69 bits per heavy atom. The van der Waals surface area contributed by atoms with Crippen LogP contribution in [0.5, 0.6) is 0 Å². The molecule has 26 heavy (non-hydrogen) atoms. The average Bonchev–Trinajstić information content (AvgIpc) is 2.66. The third-order valence-corrected chi connectivity index (χ3v) is 3.99. The maximum atomic E-state index is 12.4. The number of carbonyl (C=O) groups excluding carboxylic acids is 3. The molecule has 2 rings (SSSR count). The van der Waals surface area contributed by atoms with Gasteiger partial charge in [0.1, 0.15) is 0 Å². The molecule has 0 aliphatic heterocycles. The van der Waals surface area contributed by atoms with Gasteiger partial charge in [-0.05, 0) is 43.7 Å². The van der Waals surface area contributed by atoms with Crippen LogP contribution in [-0.4, -0.2) is 41.1 Å². The number of ketones is 1. The number of hydrogen-bond acceptors (Lipinski definition) is 4. The summed E-state index contributed by atoms with van der Waals surface area (Å²) in [5, 5.41) is 2.74. The number of nitrogens with zero attached hydrogens (tertiary/aromatic N) is 2. The van der Waals surface area contributed by atoms with Crippen LogP contribution in [0, 0.1) is 0 Å². The Morgan fingerprint density at radius 1 is 1.04 bits per heavy atom. The molecule has 0 saturated carbocycles. The highest BCUT2D eigenvalue weighted by Gasteiger charge is 2.15. The van der Waals surface area contributed by atoms with E-state index in [2.05, 4.69) is 17.2 Å². The van der Waals surface area contributed by atoms with E-state index in [1.165, 1.54) is 25.4 Å². The van der Waals surface area contributed by atoms with E-state index in [1.807, 2.05) is 0 Å². The Hall–Kier alpha value is -3.02. The molecule has 136 valence electrons. The first-order valence-electron chi connectivity index (χ1n) is 8.55. The van der Waals surface area contributed by atoms with Crippen molar-refractivity contribution in [1.29, 1.82) is 0 Å². The zero-order valence-electron chi connectivity index (χ0n) is 15.3. The molecule has 0 fully saturated rings. The van der Waals surface area contributed by atoms with Gasteiger partial charge in [0.25, 0.3) is 11.8 Å². The molecular weight excluding hydrogens is 330 g/mol. The summed E-state index contributed by atoms with van der Waals surface area (Å²) in [6.07, 6.45) is 4.80. The van der Waals surface area contributed by atoms with Gasteiger partial charge in [-0.1, -0.05) is 13.3 Å². The molecular formula is C20H23N3O3. The molecule has 6 nitrogen and oxygen atoms in total. The molecule has 6 heteroatoms. The van der Waals surface area contributed by atoms with Crippen molar-refractivity contribution in [3.8, 4) is 0 Å². The second-order valence-corrected chi connectivity index (χ2v) is 6.13. The van der Waals surface area contributed by atoms with Crippen LogP contribution < -0.4 is 5.32 Å². The molecule has 1 N–H and O–H groups in total. The summed E-state index contributed by atoms with van der Waals surface area (Å²) in [5.41, 5.74) is 1.82. The highest BCUT2D eigenvalue weighted by molar-refractivity contribution is 6.06. The Bertz CT molecular complexity index is 800. The van der Waals surface area contributed by atoms with Gasteiger partial charge in [-0.3, -0.25) is 19.4 Å². The fraction of sp³-hybridized carbons (Fsp3) is 0.300. The molecule has 2 aromatic rings. The van der Waals surface area contributed by atoms with Gasteiger partial charge < -0.3 is 10.2 Å². The number of aromatic nitrogens is 1. The lowest BCUT2D eigenvalue weighted by Crippen LogP contribution is -2.28. The lowest BCUT2D eigenvalue weighted by atomic mass is 10.1. The second-order valence-electron chi connectivity index (χ2n) is 6.13. The summed E-state index contributed by atoms with van der Waals surface area (Å²) < 4.78 is 0. The lowest BCUT2D eigenvalue weighted by Gasteiger charge is -2.16. The van der Waals surface area contributed by atoms with E-state index >= 15 is 0 Å². The first-order chi connectivity index (χ1) is 12.4. The van der Waals surface area contributed by atoms with Crippen LogP contribution in [-0.2, 0) is 0 Å². The third kappa shape index (κ3) is 4.99. The van der Waals surface area contributed by atoms with Gasteiger partial charge in [0.15, 0.2) is 5.78 Å². The van der Waals surface area contributed by atoms with Gasteiger partial charge in [-0.25, -0.2) is 0 Å². The number of unbranched alkanes of at least 4 members (excludes halogenated alkanes) is 1. The maximum Gasteiger partial charge on any atom is 0.257 e. The van der Waals surface area contributed by atoms with Crippen LogP contribution in [0.25, 0.3) is 0 Å². The topological polar surface area (TPSA) is 79.4 Å². The fourth-order valence-electron chi connectivity index (χ4n) is 2.39. The number of amides is 2. The van der Waals surface area contributed by atoms with E-state index < -0.39 is 0 Å². The van der Waals surface area contributed by atoms with E-state index in [0.717, 1.165) is 12.8 Å². The molecule has 0 bridgehead atoms. The molecule has 0 radical (unpaired) electrons. The lowest BCUT2D eigenvalue weighted by molar-refractivity contribution is 0.0792. The minimum absolute atomic E-state index is 0.0366. The van der Waals surface area contributed by atoms with E-state index in [-0.39, 0.29) is 17.6 Å². The molecule has 0 unspecified atom stereocenters. The minimum Gasteiger partial charge on any atom is -0.342 e. The van der Waals surface area contributed by atoms with Crippen molar-refractivity contribution in [2.75, 3.05) is 18.9 Å². The number of benzene rings is 1. The van der Waals surface area contributed by atoms with Crippen molar-refractivity contribution < 1.29 is 14.4 Å². The smallest absolute Gasteiger partial charge is 0.257 e. The summed E-state index contributed by atoms with van der Waals surface area (Å²) in [7, 11) is 1.74. The zero-order chi connectivity index (χ0) is 19.1. The molecule has 1 aromatic carbocycles. The van der Waals surface area contributed by atoms with Gasteiger partial charge in [-0.2, -0.15) is 0 Å². The number of carbonyl (C=O) groups is 3. The Balaban J connectivity index is 2.09. The van der Waals surface area contributed by atoms with Crippen molar-refractivity contribution >= 4 is 23.3 Å². The number of nitrogens with one attached hydrogen (secondary N) is 1. The van der Waals surface area contributed by atoms with Crippen LogP contribution in [0.2, 0.25) is 0 Å². The van der Waals surface area contributed by atoms with Crippen LogP contribution >= 0.6 is 0 Å². The number of hydrogen-bond donors (Lipinski definition) is 1. The molecule has 0 aliphatic carbocycles. The van der Waals surface area contributed by atoms with Crippen molar-refractivity contribution in [3.05, 3.63) is 59.4 Å². The molecule has 0 atom stereocenters. The Kier molecular flexibility index (Phi) is 6.60. The molecule has 0 spiro atoms. The normalized spacial score (nSPS) is 10.3. The van der Waals surface area contributed by atoms with Gasteiger partial charge in [0, 0.05) is 37.2 Å². The highest BCUT2D eigenvalue weighted by atomic mass is 16.2. The first kappa shape index (κ1) is 19.3. The monoisotopic (exact) mass is 353 g/mol. The van der Waals surface area contributed by atoms with Crippen LogP contribution in [0.1, 0.15) is 57.8 Å². The standard InChI is InChI=1S/C20H23N3O3/c1-4-5-10-23(3)20(26)17-11-16(12-21-13-17)19(25)22-18-8-6-15(7-9-18)14(2)24/h6-9,11-13H,4-5,10H2,1-3H3,(H,22,25). The van der Waals surface area contributed by atoms with Gasteiger partial charge in [0.05, 0.1) is 11.1 Å². The van der Waals surface area contributed by atoms with E-state index in [1.54, 1.807) is 36.2 Å². The first-order valence-corrected chi connectivity index (χ1v) is 8.55. The summed E-state index contributed by atoms with van der Waals surface area (Å²) in [6, 6.07) is 8.17. The third-order valence-electron chi connectivity index (χ3n) is 3.99. The van der Waals surface area contributed by atoms with Crippen LogP contribution in [0.15, 0.2) is 42.7 Å². The largest absolute Gasteiger partial charge is 0.342 e. The fourth-order valence-corrected chi connectivity index (χ4v) is 2.39.